The average molecular weight is 252 g/mol. The first-order valence-electron chi connectivity index (χ1n) is 5.35. The number of hydrogen-bond donors (Lipinski definition) is 1. The van der Waals surface area contributed by atoms with Crippen molar-refractivity contribution in [2.24, 2.45) is 0 Å². The molecule has 84 valence electrons. The molecule has 1 aromatic heterocycles. The predicted molar refractivity (Wildman–Crippen MR) is 72.5 cm³/mol. The number of nitrogens with one attached hydrogen (secondary N) is 1. The summed E-state index contributed by atoms with van der Waals surface area (Å²) in [7, 11) is 0. The number of hydrogen-bond acceptors (Lipinski definition) is 2. The first-order valence-corrected chi connectivity index (χ1v) is 6.54. The van der Waals surface area contributed by atoms with Crippen LogP contribution in [0.3, 0.4) is 0 Å². The molecule has 0 unspecified atom stereocenters. The van der Waals surface area contributed by atoms with Crippen molar-refractivity contribution in [3.63, 3.8) is 0 Å². The third kappa shape index (κ3) is 3.00. The number of halogens is 1. The summed E-state index contributed by atoms with van der Waals surface area (Å²) in [5.41, 5.74) is 1.07. The Morgan fingerprint density at radius 3 is 2.69 bits per heavy atom. The summed E-state index contributed by atoms with van der Waals surface area (Å²) in [5, 5.41) is 4.13. The first kappa shape index (κ1) is 11.5. The van der Waals surface area contributed by atoms with Crippen LogP contribution in [0.1, 0.15) is 16.7 Å². The molecule has 1 aromatic carbocycles. The lowest BCUT2D eigenvalue weighted by atomic mass is 10.3. The maximum absolute atomic E-state index is 5.92. The summed E-state index contributed by atoms with van der Waals surface area (Å²) >= 11 is 7.78. The summed E-state index contributed by atoms with van der Waals surface area (Å²) in [4.78, 5) is 2.79. The highest BCUT2D eigenvalue weighted by atomic mass is 35.5. The lowest BCUT2D eigenvalue weighted by molar-refractivity contribution is 1.19. The minimum Gasteiger partial charge on any atom is -0.380 e. The summed E-state index contributed by atoms with van der Waals surface area (Å²) in [6.07, 6.45) is 1.11. The molecule has 2 aromatic rings. The van der Waals surface area contributed by atoms with Crippen LogP contribution in [0.4, 0.5) is 5.69 Å². The topological polar surface area (TPSA) is 12.0 Å². The van der Waals surface area contributed by atoms with Crippen LogP contribution < -0.4 is 5.32 Å². The smallest absolute Gasteiger partial charge is 0.0494 e. The fourth-order valence-electron chi connectivity index (χ4n) is 1.49. The Hall–Kier alpha value is -0.990. The second kappa shape index (κ2) is 5.37. The van der Waals surface area contributed by atoms with Crippen LogP contribution in [-0.2, 0) is 13.0 Å². The van der Waals surface area contributed by atoms with Gasteiger partial charge in [-0.25, -0.2) is 0 Å². The monoisotopic (exact) mass is 251 g/mol. The molecule has 1 heterocycles. The van der Waals surface area contributed by atoms with Crippen LogP contribution in [0.2, 0.25) is 5.02 Å². The van der Waals surface area contributed by atoms with Crippen LogP contribution in [-0.4, -0.2) is 0 Å². The van der Waals surface area contributed by atoms with Gasteiger partial charge in [0, 0.05) is 27.0 Å². The Balaban J connectivity index is 1.96. The van der Waals surface area contributed by atoms with E-state index in [-0.39, 0.29) is 0 Å². The Labute approximate surface area is 105 Å². The molecule has 0 radical (unpaired) electrons. The molecule has 0 aliphatic heterocycles. The molecular weight excluding hydrogens is 238 g/mol. The van der Waals surface area contributed by atoms with Crippen molar-refractivity contribution in [1.29, 1.82) is 0 Å². The molecule has 2 rings (SSSR count). The number of aryl methyl sites for hydroxylation is 1. The second-order valence-corrected chi connectivity index (χ2v) is 5.27. The van der Waals surface area contributed by atoms with Gasteiger partial charge in [0.25, 0.3) is 0 Å². The van der Waals surface area contributed by atoms with Crippen molar-refractivity contribution in [3.8, 4) is 0 Å². The highest BCUT2D eigenvalue weighted by Crippen LogP contribution is 2.20. The summed E-state index contributed by atoms with van der Waals surface area (Å²) in [5.74, 6) is 0. The van der Waals surface area contributed by atoms with Gasteiger partial charge in [0.05, 0.1) is 0 Å². The zero-order valence-electron chi connectivity index (χ0n) is 9.16. The minimum absolute atomic E-state index is 0.769. The molecule has 0 saturated heterocycles. The zero-order valence-corrected chi connectivity index (χ0v) is 10.7. The quantitative estimate of drug-likeness (QED) is 0.839. The van der Waals surface area contributed by atoms with Crippen LogP contribution in [0, 0.1) is 0 Å². The Morgan fingerprint density at radius 1 is 1.19 bits per heavy atom. The van der Waals surface area contributed by atoms with E-state index < -0.39 is 0 Å². The third-order valence-corrected chi connectivity index (χ3v) is 3.82. The van der Waals surface area contributed by atoms with Gasteiger partial charge in [-0.05, 0) is 36.8 Å². The molecule has 16 heavy (non-hydrogen) atoms. The summed E-state index contributed by atoms with van der Waals surface area (Å²) < 4.78 is 0. The first-order chi connectivity index (χ1) is 7.78. The van der Waals surface area contributed by atoms with Gasteiger partial charge in [-0.1, -0.05) is 24.6 Å². The normalized spacial score (nSPS) is 10.4. The molecule has 0 atom stereocenters. The molecule has 0 aliphatic rings. The third-order valence-electron chi connectivity index (χ3n) is 2.36. The molecule has 0 fully saturated rings. The number of thiophene rings is 1. The number of rotatable bonds is 4. The molecule has 0 aliphatic carbocycles. The molecular formula is C13H14ClNS. The van der Waals surface area contributed by atoms with Crippen molar-refractivity contribution >= 4 is 28.6 Å². The average Bonchev–Trinajstić information content (AvgIpc) is 2.74. The minimum atomic E-state index is 0.769. The van der Waals surface area contributed by atoms with Crippen LogP contribution >= 0.6 is 22.9 Å². The molecule has 0 saturated carbocycles. The Kier molecular flexibility index (Phi) is 3.86. The molecule has 3 heteroatoms. The van der Waals surface area contributed by atoms with Gasteiger partial charge in [0.15, 0.2) is 0 Å². The molecule has 1 N–H and O–H groups in total. The second-order valence-electron chi connectivity index (χ2n) is 3.59. The maximum Gasteiger partial charge on any atom is 0.0494 e. The van der Waals surface area contributed by atoms with E-state index >= 15 is 0 Å². The van der Waals surface area contributed by atoms with Gasteiger partial charge in [-0.15, -0.1) is 11.3 Å². The van der Waals surface area contributed by atoms with Gasteiger partial charge in [-0.3, -0.25) is 0 Å². The predicted octanol–water partition coefficient (Wildman–Crippen LogP) is 4.58. The zero-order chi connectivity index (χ0) is 11.4. The van der Waals surface area contributed by atoms with Crippen LogP contribution in [0.25, 0.3) is 0 Å². The SMILES string of the molecule is CCc1ccc(CNc2cccc(Cl)c2)s1. The standard InChI is InChI=1S/C13H14ClNS/c1-2-12-6-7-13(16-12)9-15-11-5-3-4-10(14)8-11/h3-8,15H,2,9H2,1H3. The van der Waals surface area contributed by atoms with E-state index in [4.69, 9.17) is 11.6 Å². The van der Waals surface area contributed by atoms with Gasteiger partial charge in [0.1, 0.15) is 0 Å². The molecule has 1 nitrogen and oxygen atoms in total. The number of anilines is 1. The number of benzene rings is 1. The Morgan fingerprint density at radius 2 is 2.00 bits per heavy atom. The maximum atomic E-state index is 5.92. The highest BCUT2D eigenvalue weighted by Gasteiger charge is 1.98. The van der Waals surface area contributed by atoms with Crippen molar-refractivity contribution in [1.82, 2.24) is 0 Å². The fourth-order valence-corrected chi connectivity index (χ4v) is 2.58. The lowest BCUT2D eigenvalue weighted by Gasteiger charge is -2.04. The summed E-state index contributed by atoms with van der Waals surface area (Å²) in [6, 6.07) is 12.2. The van der Waals surface area contributed by atoms with Gasteiger partial charge in [-0.2, -0.15) is 0 Å². The van der Waals surface area contributed by atoms with E-state index in [1.807, 2.05) is 35.6 Å². The lowest BCUT2D eigenvalue weighted by Crippen LogP contribution is -1.96. The van der Waals surface area contributed by atoms with E-state index in [9.17, 15) is 0 Å². The van der Waals surface area contributed by atoms with E-state index in [1.54, 1.807) is 0 Å². The van der Waals surface area contributed by atoms with Gasteiger partial charge in [0.2, 0.25) is 0 Å². The van der Waals surface area contributed by atoms with E-state index in [0.29, 0.717) is 0 Å². The molecule has 0 bridgehead atoms. The Bertz CT molecular complexity index is 464. The summed E-state index contributed by atoms with van der Waals surface area (Å²) in [6.45, 7) is 3.05. The van der Waals surface area contributed by atoms with Crippen molar-refractivity contribution in [2.75, 3.05) is 5.32 Å². The highest BCUT2D eigenvalue weighted by molar-refractivity contribution is 7.12. The van der Waals surface area contributed by atoms with Gasteiger partial charge >= 0.3 is 0 Å². The largest absolute Gasteiger partial charge is 0.380 e. The van der Waals surface area contributed by atoms with E-state index in [2.05, 4.69) is 24.4 Å². The van der Waals surface area contributed by atoms with Crippen molar-refractivity contribution in [2.45, 2.75) is 19.9 Å². The van der Waals surface area contributed by atoms with Crippen LogP contribution in [0.5, 0.6) is 0 Å². The van der Waals surface area contributed by atoms with Crippen molar-refractivity contribution < 1.29 is 0 Å². The van der Waals surface area contributed by atoms with E-state index in [1.165, 1.54) is 9.75 Å². The van der Waals surface area contributed by atoms with Crippen molar-refractivity contribution in [3.05, 3.63) is 51.2 Å². The molecule has 0 amide bonds. The van der Waals surface area contributed by atoms with Gasteiger partial charge < -0.3 is 5.32 Å². The molecule has 0 spiro atoms. The fraction of sp³-hybridized carbons (Fsp3) is 0.231. The van der Waals surface area contributed by atoms with E-state index in [0.717, 1.165) is 23.7 Å². The van der Waals surface area contributed by atoms with Crippen LogP contribution in [0.15, 0.2) is 36.4 Å².